The van der Waals surface area contributed by atoms with Crippen LogP contribution >= 0.6 is 0 Å². The van der Waals surface area contributed by atoms with E-state index in [2.05, 4.69) is 15.3 Å². The molecule has 0 saturated heterocycles. The number of allylic oxidation sites excluding steroid dienone is 4. The Morgan fingerprint density at radius 3 is 2.73 bits per heavy atom. The van der Waals surface area contributed by atoms with Gasteiger partial charge in [0.05, 0.1) is 18.5 Å². The predicted octanol–water partition coefficient (Wildman–Crippen LogP) is 4.69. The summed E-state index contributed by atoms with van der Waals surface area (Å²) in [7, 11) is 0. The van der Waals surface area contributed by atoms with Crippen molar-refractivity contribution in [1.82, 2.24) is 9.97 Å². The summed E-state index contributed by atoms with van der Waals surface area (Å²) in [6.45, 7) is 3.90. The molecule has 1 N–H and O–H groups in total. The molecule has 1 fully saturated rings. The molecule has 1 saturated carbocycles. The first-order valence-corrected chi connectivity index (χ1v) is 9.90. The number of aromatic nitrogens is 2. The number of rotatable bonds is 6. The molecule has 7 heteroatoms. The minimum atomic E-state index is -0.524. The van der Waals surface area contributed by atoms with E-state index in [0.717, 1.165) is 5.69 Å². The monoisotopic (exact) mass is 411 g/mol. The van der Waals surface area contributed by atoms with Crippen LogP contribution in [-0.2, 0) is 4.79 Å². The molecule has 0 radical (unpaired) electrons. The van der Waals surface area contributed by atoms with E-state index >= 15 is 0 Å². The van der Waals surface area contributed by atoms with Crippen LogP contribution in [-0.4, -0.2) is 22.5 Å². The Morgan fingerprint density at radius 2 is 2.03 bits per heavy atom. The van der Waals surface area contributed by atoms with Crippen LogP contribution in [0.25, 0.3) is 0 Å². The van der Waals surface area contributed by atoms with E-state index in [1.807, 2.05) is 13.0 Å². The molecule has 0 bridgehead atoms. The molecule has 3 atom stereocenters. The Kier molecular flexibility index (Phi) is 5.37. The van der Waals surface area contributed by atoms with Crippen molar-refractivity contribution >= 4 is 11.6 Å². The Labute approximate surface area is 173 Å². The van der Waals surface area contributed by atoms with Crippen molar-refractivity contribution in [2.45, 2.75) is 26.7 Å². The van der Waals surface area contributed by atoms with Gasteiger partial charge in [-0.2, -0.15) is 0 Å². The molecule has 156 valence electrons. The molecular weight excluding hydrogens is 388 g/mol. The van der Waals surface area contributed by atoms with E-state index in [0.29, 0.717) is 23.7 Å². The van der Waals surface area contributed by atoms with E-state index in [1.54, 1.807) is 19.2 Å². The second-order valence-electron chi connectivity index (χ2n) is 7.95. The van der Waals surface area contributed by atoms with Crippen LogP contribution in [0.5, 0.6) is 5.75 Å². The molecule has 1 aromatic carbocycles. The largest absolute Gasteiger partial charge is 0.489 e. The van der Waals surface area contributed by atoms with Gasteiger partial charge < -0.3 is 10.1 Å². The summed E-state index contributed by atoms with van der Waals surface area (Å²) in [5, 5.41) is 2.83. The van der Waals surface area contributed by atoms with E-state index in [1.165, 1.54) is 30.3 Å². The van der Waals surface area contributed by atoms with Gasteiger partial charge >= 0.3 is 0 Å². The number of nitrogens with one attached hydrogen (secondary N) is 1. The number of carbonyl (C=O) groups excluding carboxylic acids is 1. The fraction of sp³-hybridized carbons (Fsp3) is 0.348. The van der Waals surface area contributed by atoms with Crippen molar-refractivity contribution in [3.63, 3.8) is 0 Å². The molecule has 5 nitrogen and oxygen atoms in total. The van der Waals surface area contributed by atoms with Gasteiger partial charge in [0.2, 0.25) is 5.91 Å². The van der Waals surface area contributed by atoms with Gasteiger partial charge in [0.15, 0.2) is 5.75 Å². The minimum Gasteiger partial charge on any atom is -0.489 e. The van der Waals surface area contributed by atoms with Crippen molar-refractivity contribution in [1.29, 1.82) is 0 Å². The highest BCUT2D eigenvalue weighted by molar-refractivity contribution is 5.95. The van der Waals surface area contributed by atoms with Crippen molar-refractivity contribution in [3.05, 3.63) is 71.9 Å². The number of hydrogen-bond donors (Lipinski definition) is 1. The van der Waals surface area contributed by atoms with E-state index in [-0.39, 0.29) is 42.4 Å². The number of benzene rings is 1. The first-order chi connectivity index (χ1) is 14.4. The third-order valence-corrected chi connectivity index (χ3v) is 5.87. The maximum Gasteiger partial charge on any atom is 0.228 e. The Balaban J connectivity index is 1.52. The van der Waals surface area contributed by atoms with Crippen molar-refractivity contribution in [3.8, 4) is 5.75 Å². The van der Waals surface area contributed by atoms with Gasteiger partial charge in [-0.15, -0.1) is 0 Å². The number of anilines is 1. The Bertz CT molecular complexity index is 1020. The standard InChI is InChI=1S/C23H23F2N3O2/c1-14-21(12-26-15(2)27-14)30-13-23(16-4-3-5-18(25)10-16)11-20(23)22(29)28-19-8-6-17(24)7-9-19/h3-9,12,16,20H,10-11,13H2,1-2H3,(H,28,29)/t16?,20-,23+/m0/s1. The van der Waals surface area contributed by atoms with Gasteiger partial charge in [-0.1, -0.05) is 12.2 Å². The second kappa shape index (κ2) is 7.97. The SMILES string of the molecule is Cc1ncc(OC[C@@]2(C3C=CC=C(F)C3)C[C@H]2C(=O)Nc2ccc(F)cc2)c(C)n1. The molecule has 1 aromatic heterocycles. The third kappa shape index (κ3) is 4.10. The molecule has 30 heavy (non-hydrogen) atoms. The minimum absolute atomic E-state index is 0.154. The number of amides is 1. The fourth-order valence-electron chi connectivity index (χ4n) is 4.07. The van der Waals surface area contributed by atoms with Crippen molar-refractivity contribution in [2.75, 3.05) is 11.9 Å². The topological polar surface area (TPSA) is 64.1 Å². The van der Waals surface area contributed by atoms with Crippen LogP contribution in [0, 0.1) is 36.9 Å². The van der Waals surface area contributed by atoms with E-state index in [4.69, 9.17) is 4.74 Å². The Hall–Kier alpha value is -3.09. The lowest BCUT2D eigenvalue weighted by Crippen LogP contribution is -2.30. The van der Waals surface area contributed by atoms with Gasteiger partial charge in [-0.05, 0) is 56.5 Å². The lowest BCUT2D eigenvalue weighted by Gasteiger charge is -2.27. The summed E-state index contributed by atoms with van der Waals surface area (Å²) in [5.41, 5.74) is 0.718. The number of carbonyl (C=O) groups is 1. The zero-order valence-corrected chi connectivity index (χ0v) is 16.9. The lowest BCUT2D eigenvalue weighted by molar-refractivity contribution is -0.118. The molecule has 2 aliphatic carbocycles. The lowest BCUT2D eigenvalue weighted by atomic mass is 9.82. The van der Waals surface area contributed by atoms with Crippen LogP contribution < -0.4 is 10.1 Å². The summed E-state index contributed by atoms with van der Waals surface area (Å²) in [6, 6.07) is 5.62. The zero-order chi connectivity index (χ0) is 21.3. The molecule has 2 aliphatic rings. The van der Waals surface area contributed by atoms with Crippen LogP contribution in [0.15, 0.2) is 54.5 Å². The van der Waals surface area contributed by atoms with Gasteiger partial charge in [0.1, 0.15) is 17.5 Å². The third-order valence-electron chi connectivity index (χ3n) is 5.87. The number of aryl methyl sites for hydroxylation is 2. The highest BCUT2D eigenvalue weighted by Gasteiger charge is 2.62. The predicted molar refractivity (Wildman–Crippen MR) is 109 cm³/mol. The molecule has 0 spiro atoms. The highest BCUT2D eigenvalue weighted by Crippen LogP contribution is 2.60. The summed E-state index contributed by atoms with van der Waals surface area (Å²) in [6.07, 6.45) is 7.52. The average molecular weight is 411 g/mol. The summed E-state index contributed by atoms with van der Waals surface area (Å²) in [4.78, 5) is 21.4. The van der Waals surface area contributed by atoms with Gasteiger partial charge in [-0.3, -0.25) is 4.79 Å². The maximum atomic E-state index is 14.0. The van der Waals surface area contributed by atoms with Crippen molar-refractivity contribution in [2.24, 2.45) is 17.3 Å². The van der Waals surface area contributed by atoms with E-state index < -0.39 is 5.41 Å². The first kappa shape index (κ1) is 20.2. The first-order valence-electron chi connectivity index (χ1n) is 9.90. The van der Waals surface area contributed by atoms with Crippen LogP contribution in [0.4, 0.5) is 14.5 Å². The molecule has 4 rings (SSSR count). The maximum absolute atomic E-state index is 14.0. The summed E-state index contributed by atoms with van der Waals surface area (Å²) < 4.78 is 33.1. The van der Waals surface area contributed by atoms with Crippen molar-refractivity contribution < 1.29 is 18.3 Å². The van der Waals surface area contributed by atoms with Crippen LogP contribution in [0.3, 0.4) is 0 Å². The Morgan fingerprint density at radius 1 is 1.27 bits per heavy atom. The molecule has 1 unspecified atom stereocenters. The second-order valence-corrected chi connectivity index (χ2v) is 7.95. The number of nitrogens with zero attached hydrogens (tertiary/aromatic N) is 2. The number of hydrogen-bond acceptors (Lipinski definition) is 4. The summed E-state index contributed by atoms with van der Waals surface area (Å²) >= 11 is 0. The van der Waals surface area contributed by atoms with Gasteiger partial charge in [0.25, 0.3) is 0 Å². The fourth-order valence-corrected chi connectivity index (χ4v) is 4.07. The van der Waals surface area contributed by atoms with Crippen LogP contribution in [0.2, 0.25) is 0 Å². The van der Waals surface area contributed by atoms with Gasteiger partial charge in [0, 0.05) is 23.4 Å². The normalized spacial score (nSPS) is 24.9. The van der Waals surface area contributed by atoms with E-state index in [9.17, 15) is 13.6 Å². The molecular formula is C23H23F2N3O2. The zero-order valence-electron chi connectivity index (χ0n) is 16.9. The average Bonchev–Trinajstić information content (AvgIpc) is 3.45. The smallest absolute Gasteiger partial charge is 0.228 e. The molecule has 2 aromatic rings. The van der Waals surface area contributed by atoms with Crippen LogP contribution in [0.1, 0.15) is 24.4 Å². The number of halogens is 2. The van der Waals surface area contributed by atoms with Gasteiger partial charge in [-0.25, -0.2) is 18.7 Å². The highest BCUT2D eigenvalue weighted by atomic mass is 19.1. The molecule has 1 amide bonds. The molecule has 0 aliphatic heterocycles. The quantitative estimate of drug-likeness (QED) is 0.749. The summed E-state index contributed by atoms with van der Waals surface area (Å²) in [5.74, 6) is -0.0347. The number of ether oxygens (including phenoxy) is 1. The molecule has 1 heterocycles.